The van der Waals surface area contributed by atoms with Crippen LogP contribution in [0.25, 0.3) is 0 Å². The molecule has 0 aliphatic heterocycles. The number of hydrogen-bond acceptors (Lipinski definition) is 4. The van der Waals surface area contributed by atoms with E-state index in [-0.39, 0.29) is 42.8 Å². The Hall–Kier alpha value is -1.60. The molecule has 142 valence electrons. The number of carbonyl (C=O) groups excluding carboxylic acids is 2. The molecule has 0 bridgehead atoms. The lowest BCUT2D eigenvalue weighted by atomic mass is 9.95. The number of halogens is 1. The summed E-state index contributed by atoms with van der Waals surface area (Å²) in [6.07, 6.45) is 8.86. The molecule has 1 aliphatic rings. The van der Waals surface area contributed by atoms with Crippen molar-refractivity contribution in [3.8, 4) is 0 Å². The van der Waals surface area contributed by atoms with Gasteiger partial charge < -0.3 is 16.0 Å². The van der Waals surface area contributed by atoms with Gasteiger partial charge in [0.1, 0.15) is 6.54 Å². The van der Waals surface area contributed by atoms with Gasteiger partial charge in [-0.05, 0) is 26.3 Å². The van der Waals surface area contributed by atoms with Crippen LogP contribution in [0.4, 0.5) is 0 Å². The van der Waals surface area contributed by atoms with Gasteiger partial charge in [-0.3, -0.25) is 14.3 Å². The Morgan fingerprint density at radius 3 is 2.72 bits per heavy atom. The van der Waals surface area contributed by atoms with E-state index in [1.54, 1.807) is 6.20 Å². The molecule has 8 heteroatoms. The van der Waals surface area contributed by atoms with E-state index in [0.29, 0.717) is 12.1 Å². The fourth-order valence-corrected chi connectivity index (χ4v) is 3.00. The van der Waals surface area contributed by atoms with Gasteiger partial charge in [-0.1, -0.05) is 26.2 Å². The summed E-state index contributed by atoms with van der Waals surface area (Å²) in [6.45, 7) is 5.62. The fourth-order valence-electron chi connectivity index (χ4n) is 3.00. The van der Waals surface area contributed by atoms with Crippen molar-refractivity contribution in [3.05, 3.63) is 18.0 Å². The maximum Gasteiger partial charge on any atom is 0.254 e. The molecule has 25 heavy (non-hydrogen) atoms. The quantitative estimate of drug-likeness (QED) is 0.646. The third-order valence-electron chi connectivity index (χ3n) is 4.29. The van der Waals surface area contributed by atoms with Gasteiger partial charge in [-0.15, -0.1) is 12.4 Å². The van der Waals surface area contributed by atoms with Crippen LogP contribution in [0.2, 0.25) is 0 Å². The van der Waals surface area contributed by atoms with Crippen LogP contribution in [0.3, 0.4) is 0 Å². The molecule has 0 spiro atoms. The van der Waals surface area contributed by atoms with Crippen molar-refractivity contribution in [1.29, 1.82) is 0 Å². The van der Waals surface area contributed by atoms with E-state index in [9.17, 15) is 9.59 Å². The van der Waals surface area contributed by atoms with Crippen molar-refractivity contribution in [2.75, 3.05) is 13.1 Å². The smallest absolute Gasteiger partial charge is 0.254 e. The number of carbonyl (C=O) groups is 2. The molecule has 1 heterocycles. The van der Waals surface area contributed by atoms with Crippen LogP contribution in [0.1, 0.15) is 56.3 Å². The van der Waals surface area contributed by atoms with Crippen molar-refractivity contribution in [3.63, 3.8) is 0 Å². The molecule has 1 aromatic rings. The molecule has 0 saturated heterocycles. The highest BCUT2D eigenvalue weighted by molar-refractivity contribution is 5.93. The molecule has 1 aromatic heterocycles. The van der Waals surface area contributed by atoms with Crippen LogP contribution in [0.15, 0.2) is 12.4 Å². The average Bonchev–Trinajstić information content (AvgIpc) is 3.02. The molecule has 2 amide bonds. The van der Waals surface area contributed by atoms with E-state index in [4.69, 9.17) is 0 Å². The maximum atomic E-state index is 12.1. The molecular weight excluding hydrogens is 342 g/mol. The molecular formula is C17H30ClN5O2. The second-order valence-electron chi connectivity index (χ2n) is 6.50. The number of hydrogen-bond donors (Lipinski definition) is 3. The van der Waals surface area contributed by atoms with Crippen LogP contribution in [0, 0.1) is 0 Å². The molecule has 1 atom stereocenters. The van der Waals surface area contributed by atoms with Crippen LogP contribution in [-0.4, -0.2) is 46.8 Å². The predicted molar refractivity (Wildman–Crippen MR) is 100.0 cm³/mol. The third-order valence-corrected chi connectivity index (χ3v) is 4.29. The lowest BCUT2D eigenvalue weighted by Crippen LogP contribution is -2.38. The number of likely N-dealkylation sites (N-methyl/N-ethyl adjacent to an activating group) is 1. The van der Waals surface area contributed by atoms with E-state index >= 15 is 0 Å². The molecule has 3 N–H and O–H groups in total. The van der Waals surface area contributed by atoms with E-state index in [2.05, 4.69) is 21.0 Å². The summed E-state index contributed by atoms with van der Waals surface area (Å²) in [4.78, 5) is 24.1. The van der Waals surface area contributed by atoms with Gasteiger partial charge in [-0.25, -0.2) is 0 Å². The summed E-state index contributed by atoms with van der Waals surface area (Å²) in [7, 11) is 0. The van der Waals surface area contributed by atoms with Crippen LogP contribution < -0.4 is 16.0 Å². The lowest BCUT2D eigenvalue weighted by Gasteiger charge is -2.22. The third kappa shape index (κ3) is 7.44. The van der Waals surface area contributed by atoms with Gasteiger partial charge in [0.05, 0.1) is 11.8 Å². The van der Waals surface area contributed by atoms with Gasteiger partial charge in [-0.2, -0.15) is 5.10 Å². The molecule has 0 aromatic carbocycles. The van der Waals surface area contributed by atoms with Gasteiger partial charge in [0, 0.05) is 24.8 Å². The molecule has 0 unspecified atom stereocenters. The Labute approximate surface area is 155 Å². The number of rotatable bonds is 8. The van der Waals surface area contributed by atoms with Crippen molar-refractivity contribution in [1.82, 2.24) is 25.7 Å². The first-order chi connectivity index (χ1) is 11.6. The number of nitrogens with zero attached hydrogens (tertiary/aromatic N) is 2. The van der Waals surface area contributed by atoms with E-state index in [0.717, 1.165) is 19.4 Å². The van der Waals surface area contributed by atoms with Crippen molar-refractivity contribution in [2.45, 2.75) is 64.6 Å². The van der Waals surface area contributed by atoms with Crippen molar-refractivity contribution < 1.29 is 9.59 Å². The van der Waals surface area contributed by atoms with Crippen LogP contribution in [0.5, 0.6) is 0 Å². The second-order valence-corrected chi connectivity index (χ2v) is 6.50. The van der Waals surface area contributed by atoms with E-state index < -0.39 is 0 Å². The van der Waals surface area contributed by atoms with E-state index in [1.165, 1.54) is 30.1 Å². The minimum absolute atomic E-state index is 0. The van der Waals surface area contributed by atoms with Crippen molar-refractivity contribution in [2.24, 2.45) is 0 Å². The standard InChI is InChI=1S/C17H29N5O2.ClH/c1-3-18-13(2)9-19-17(24)14-10-20-22(11-14)12-16(23)21-15-7-5-4-6-8-15;/h10-11,13,15,18H,3-9,12H2,1-2H3,(H,19,24)(H,21,23);1H/t13-;/m1./s1. The van der Waals surface area contributed by atoms with Crippen LogP contribution in [-0.2, 0) is 11.3 Å². The number of aromatic nitrogens is 2. The minimum atomic E-state index is -0.168. The fraction of sp³-hybridized carbons (Fsp3) is 0.706. The Bertz CT molecular complexity index is 543. The first kappa shape index (κ1) is 21.4. The lowest BCUT2D eigenvalue weighted by molar-refractivity contribution is -0.122. The zero-order valence-electron chi connectivity index (χ0n) is 15.1. The molecule has 1 saturated carbocycles. The predicted octanol–water partition coefficient (Wildman–Crippen LogP) is 1.48. The zero-order chi connectivity index (χ0) is 17.4. The average molecular weight is 372 g/mol. The Balaban J connectivity index is 0.00000312. The van der Waals surface area contributed by atoms with Crippen LogP contribution >= 0.6 is 12.4 Å². The molecule has 2 rings (SSSR count). The SMILES string of the molecule is CCN[C@H](C)CNC(=O)c1cnn(CC(=O)NC2CCCCC2)c1.Cl. The summed E-state index contributed by atoms with van der Waals surface area (Å²) < 4.78 is 1.51. The number of nitrogens with one attached hydrogen (secondary N) is 3. The van der Waals surface area contributed by atoms with Crippen molar-refractivity contribution >= 4 is 24.2 Å². The largest absolute Gasteiger partial charge is 0.352 e. The number of amides is 2. The van der Waals surface area contributed by atoms with Gasteiger partial charge >= 0.3 is 0 Å². The first-order valence-corrected chi connectivity index (χ1v) is 8.92. The molecule has 0 radical (unpaired) electrons. The first-order valence-electron chi connectivity index (χ1n) is 8.92. The topological polar surface area (TPSA) is 88.0 Å². The zero-order valence-corrected chi connectivity index (χ0v) is 15.9. The van der Waals surface area contributed by atoms with E-state index in [1.807, 2.05) is 13.8 Å². The summed E-state index contributed by atoms with van der Waals surface area (Å²) in [5.74, 6) is -0.212. The summed E-state index contributed by atoms with van der Waals surface area (Å²) in [5, 5.41) is 13.3. The van der Waals surface area contributed by atoms with Gasteiger partial charge in [0.15, 0.2) is 0 Å². The second kappa shape index (κ2) is 11.1. The Kier molecular flexibility index (Phi) is 9.52. The Morgan fingerprint density at radius 2 is 2.04 bits per heavy atom. The normalized spacial score (nSPS) is 15.9. The highest BCUT2D eigenvalue weighted by Crippen LogP contribution is 2.17. The van der Waals surface area contributed by atoms with Gasteiger partial charge in [0.25, 0.3) is 5.91 Å². The summed E-state index contributed by atoms with van der Waals surface area (Å²) >= 11 is 0. The summed E-state index contributed by atoms with van der Waals surface area (Å²) in [5.41, 5.74) is 0.476. The molecule has 1 aliphatic carbocycles. The Morgan fingerprint density at radius 1 is 1.32 bits per heavy atom. The minimum Gasteiger partial charge on any atom is -0.352 e. The molecule has 1 fully saturated rings. The van der Waals surface area contributed by atoms with Gasteiger partial charge in [0.2, 0.25) is 5.91 Å². The molecule has 7 nitrogen and oxygen atoms in total. The highest BCUT2D eigenvalue weighted by Gasteiger charge is 2.16. The monoisotopic (exact) mass is 371 g/mol. The highest BCUT2D eigenvalue weighted by atomic mass is 35.5. The maximum absolute atomic E-state index is 12.1. The summed E-state index contributed by atoms with van der Waals surface area (Å²) in [6, 6.07) is 0.507.